The van der Waals surface area contributed by atoms with E-state index < -0.39 is 27.9 Å². The van der Waals surface area contributed by atoms with E-state index >= 15 is 0 Å². The van der Waals surface area contributed by atoms with Gasteiger partial charge in [-0.15, -0.1) is 22.7 Å². The van der Waals surface area contributed by atoms with Gasteiger partial charge in [-0.3, -0.25) is 9.59 Å². The number of halogens is 1. The summed E-state index contributed by atoms with van der Waals surface area (Å²) in [5.41, 5.74) is 6.81. The zero-order valence-corrected chi connectivity index (χ0v) is 17.9. The molecule has 1 aliphatic heterocycles. The Morgan fingerprint density at radius 1 is 1.21 bits per heavy atom. The van der Waals surface area contributed by atoms with Gasteiger partial charge in [-0.1, -0.05) is 11.6 Å². The molecule has 0 bridgehead atoms. The third kappa shape index (κ3) is 3.37. The average Bonchev–Trinajstić information content (AvgIpc) is 3.37. The Hall–Kier alpha value is -1.46. The number of nitrogens with zero attached hydrogens (tertiary/aromatic N) is 1. The van der Waals surface area contributed by atoms with Crippen LogP contribution in [0, 0.1) is 0 Å². The lowest BCUT2D eigenvalue weighted by Crippen LogP contribution is -2.43. The third-order valence-electron chi connectivity index (χ3n) is 5.02. The number of primary amides is 1. The van der Waals surface area contributed by atoms with Crippen molar-refractivity contribution in [2.24, 2.45) is 5.73 Å². The number of aryl methyl sites for hydroxylation is 1. The molecule has 0 saturated carbocycles. The van der Waals surface area contributed by atoms with E-state index in [9.17, 15) is 18.0 Å². The molecule has 1 aliphatic carbocycles. The summed E-state index contributed by atoms with van der Waals surface area (Å²) in [7, 11) is -3.81. The van der Waals surface area contributed by atoms with E-state index in [4.69, 9.17) is 17.3 Å². The number of hydrogen-bond acceptors (Lipinski definition) is 6. The summed E-state index contributed by atoms with van der Waals surface area (Å²) in [6.07, 6.45) is 3.59. The van der Waals surface area contributed by atoms with Crippen molar-refractivity contribution in [3.8, 4) is 0 Å². The summed E-state index contributed by atoms with van der Waals surface area (Å²) in [6.45, 7) is 0.263. The molecule has 150 valence electrons. The van der Waals surface area contributed by atoms with Crippen LogP contribution >= 0.6 is 34.3 Å². The van der Waals surface area contributed by atoms with Crippen molar-refractivity contribution in [1.29, 1.82) is 0 Å². The van der Waals surface area contributed by atoms with E-state index in [1.165, 1.54) is 27.8 Å². The highest BCUT2D eigenvalue weighted by atomic mass is 35.5. The maximum Gasteiger partial charge on any atom is 0.253 e. The molecule has 3 N–H and O–H groups in total. The van der Waals surface area contributed by atoms with Crippen molar-refractivity contribution >= 4 is 61.1 Å². The Morgan fingerprint density at radius 2 is 2.00 bits per heavy atom. The van der Waals surface area contributed by atoms with Crippen molar-refractivity contribution in [1.82, 2.24) is 4.31 Å². The highest BCUT2D eigenvalue weighted by molar-refractivity contribution is 7.91. The minimum absolute atomic E-state index is 0.116. The molecule has 0 radical (unpaired) electrons. The monoisotopic (exact) mass is 459 g/mol. The van der Waals surface area contributed by atoms with Crippen molar-refractivity contribution in [3.63, 3.8) is 0 Å². The molecule has 2 aromatic rings. The number of carbonyl (C=O) groups excluding carboxylic acids is 2. The number of carbonyl (C=O) groups is 2. The molecular weight excluding hydrogens is 442 g/mol. The van der Waals surface area contributed by atoms with Crippen LogP contribution in [-0.4, -0.2) is 37.1 Å². The Labute approximate surface area is 175 Å². The van der Waals surface area contributed by atoms with Crippen LogP contribution in [-0.2, 0) is 27.7 Å². The number of thiophene rings is 2. The standard InChI is InChI=1S/C17H18ClN3O4S3/c18-12-6-7-13(27-12)28(24,25)21-8-2-4-10(21)16(23)20-17-14(15(19)22)9-3-1-5-11(9)26-17/h6-7,10H,1-5,8H2,(H2,19,22)(H,20,23). The lowest BCUT2D eigenvalue weighted by molar-refractivity contribution is -0.119. The molecule has 4 rings (SSSR count). The molecule has 2 amide bonds. The maximum absolute atomic E-state index is 12.9. The molecular formula is C17H18ClN3O4S3. The van der Waals surface area contributed by atoms with Gasteiger partial charge in [0, 0.05) is 11.4 Å². The lowest BCUT2D eigenvalue weighted by atomic mass is 10.1. The zero-order chi connectivity index (χ0) is 20.1. The molecule has 1 atom stereocenters. The molecule has 2 aliphatic rings. The van der Waals surface area contributed by atoms with Gasteiger partial charge in [0.1, 0.15) is 15.3 Å². The first-order valence-corrected chi connectivity index (χ1v) is 12.3. The van der Waals surface area contributed by atoms with E-state index in [1.807, 2.05) is 0 Å². The van der Waals surface area contributed by atoms with Crippen molar-refractivity contribution < 1.29 is 18.0 Å². The molecule has 2 aromatic heterocycles. The smallest absolute Gasteiger partial charge is 0.253 e. The van der Waals surface area contributed by atoms with Crippen LogP contribution in [0.5, 0.6) is 0 Å². The van der Waals surface area contributed by atoms with Gasteiger partial charge >= 0.3 is 0 Å². The molecule has 11 heteroatoms. The second-order valence-corrected chi connectivity index (χ2v) is 11.7. The summed E-state index contributed by atoms with van der Waals surface area (Å²) < 4.78 is 27.6. The Morgan fingerprint density at radius 3 is 2.68 bits per heavy atom. The molecule has 3 heterocycles. The van der Waals surface area contributed by atoms with Crippen molar-refractivity contribution in [2.45, 2.75) is 42.4 Å². The van der Waals surface area contributed by atoms with Crippen LogP contribution in [0.4, 0.5) is 5.00 Å². The highest BCUT2D eigenvalue weighted by Crippen LogP contribution is 2.39. The Bertz CT molecular complexity index is 1060. The van der Waals surface area contributed by atoms with E-state index in [0.717, 1.165) is 41.0 Å². The summed E-state index contributed by atoms with van der Waals surface area (Å²) in [4.78, 5) is 25.9. The van der Waals surface area contributed by atoms with Crippen molar-refractivity contribution in [2.75, 3.05) is 11.9 Å². The minimum atomic E-state index is -3.81. The van der Waals surface area contributed by atoms with Crippen LogP contribution in [0.2, 0.25) is 4.34 Å². The fourth-order valence-corrected chi connectivity index (χ4v) is 8.36. The molecule has 1 unspecified atom stereocenters. The predicted molar refractivity (Wildman–Crippen MR) is 110 cm³/mol. The first kappa shape index (κ1) is 19.8. The number of anilines is 1. The Kier molecular flexibility index (Phi) is 5.25. The maximum atomic E-state index is 12.9. The van der Waals surface area contributed by atoms with Gasteiger partial charge in [0.15, 0.2) is 0 Å². The highest BCUT2D eigenvalue weighted by Gasteiger charge is 2.40. The van der Waals surface area contributed by atoms with E-state index in [-0.39, 0.29) is 10.8 Å². The molecule has 7 nitrogen and oxygen atoms in total. The minimum Gasteiger partial charge on any atom is -0.365 e. The SMILES string of the molecule is NC(=O)c1c(NC(=O)C2CCCN2S(=O)(=O)c2ccc(Cl)s2)sc2c1CCC2. The van der Waals surface area contributed by atoms with Crippen LogP contribution < -0.4 is 11.1 Å². The lowest BCUT2D eigenvalue weighted by Gasteiger charge is -2.22. The van der Waals surface area contributed by atoms with Gasteiger partial charge in [-0.05, 0) is 49.8 Å². The molecule has 0 aromatic carbocycles. The first-order chi connectivity index (χ1) is 13.3. The van der Waals surface area contributed by atoms with E-state index in [0.29, 0.717) is 27.7 Å². The average molecular weight is 460 g/mol. The fourth-order valence-electron chi connectivity index (χ4n) is 3.79. The van der Waals surface area contributed by atoms with E-state index in [2.05, 4.69) is 5.32 Å². The van der Waals surface area contributed by atoms with Gasteiger partial charge in [0.25, 0.3) is 15.9 Å². The summed E-state index contributed by atoms with van der Waals surface area (Å²) in [5.74, 6) is -1.01. The quantitative estimate of drug-likeness (QED) is 0.716. The summed E-state index contributed by atoms with van der Waals surface area (Å²) >= 11 is 8.20. The van der Waals surface area contributed by atoms with Gasteiger partial charge in [0.05, 0.1) is 9.90 Å². The van der Waals surface area contributed by atoms with Crippen LogP contribution in [0.25, 0.3) is 0 Å². The molecule has 0 spiro atoms. The van der Waals surface area contributed by atoms with Crippen LogP contribution in [0.15, 0.2) is 16.3 Å². The predicted octanol–water partition coefficient (Wildman–Crippen LogP) is 2.84. The largest absolute Gasteiger partial charge is 0.365 e. The number of fused-ring (bicyclic) bond motifs is 1. The normalized spacial score (nSPS) is 19.7. The summed E-state index contributed by atoms with van der Waals surface area (Å²) in [6, 6.07) is 2.14. The molecule has 1 saturated heterocycles. The third-order valence-corrected chi connectivity index (χ3v) is 9.84. The number of sulfonamides is 1. The van der Waals surface area contributed by atoms with Crippen LogP contribution in [0.3, 0.4) is 0 Å². The van der Waals surface area contributed by atoms with Crippen molar-refractivity contribution in [3.05, 3.63) is 32.5 Å². The zero-order valence-electron chi connectivity index (χ0n) is 14.7. The van der Waals surface area contributed by atoms with Gasteiger partial charge in [-0.2, -0.15) is 4.31 Å². The van der Waals surface area contributed by atoms with Gasteiger partial charge in [-0.25, -0.2) is 8.42 Å². The number of rotatable bonds is 5. The van der Waals surface area contributed by atoms with Crippen LogP contribution in [0.1, 0.15) is 40.1 Å². The number of nitrogens with two attached hydrogens (primary N) is 1. The Balaban J connectivity index is 1.59. The number of hydrogen-bond donors (Lipinski definition) is 2. The number of amides is 2. The molecule has 1 fully saturated rings. The number of nitrogens with one attached hydrogen (secondary N) is 1. The van der Waals surface area contributed by atoms with Gasteiger partial charge in [0.2, 0.25) is 5.91 Å². The summed E-state index contributed by atoms with van der Waals surface area (Å²) in [5, 5.41) is 3.19. The topological polar surface area (TPSA) is 110 Å². The van der Waals surface area contributed by atoms with Gasteiger partial charge < -0.3 is 11.1 Å². The second-order valence-electron chi connectivity index (χ2n) is 6.75. The molecule has 28 heavy (non-hydrogen) atoms. The fraction of sp³-hybridized carbons (Fsp3) is 0.412. The first-order valence-electron chi connectivity index (χ1n) is 8.81. The second kappa shape index (κ2) is 7.42. The van der Waals surface area contributed by atoms with E-state index in [1.54, 1.807) is 0 Å².